The second-order valence-corrected chi connectivity index (χ2v) is 5.90. The number of hydrogen-bond acceptors (Lipinski definition) is 4. The molecule has 3 rings (SSSR count). The molecule has 1 aromatic heterocycles. The summed E-state index contributed by atoms with van der Waals surface area (Å²) in [6, 6.07) is 11.0. The molecule has 0 amide bonds. The molecule has 0 saturated carbocycles. The van der Waals surface area contributed by atoms with Crippen LogP contribution in [0, 0.1) is 0 Å². The summed E-state index contributed by atoms with van der Waals surface area (Å²) in [6.07, 6.45) is 1.62. The lowest BCUT2D eigenvalue weighted by molar-refractivity contribution is 0.401. The Morgan fingerprint density at radius 3 is 2.43 bits per heavy atom. The summed E-state index contributed by atoms with van der Waals surface area (Å²) in [5.41, 5.74) is 1.45. The first-order valence-electron chi connectivity index (χ1n) is 5.99. The first kappa shape index (κ1) is 14.2. The van der Waals surface area contributed by atoms with Gasteiger partial charge in [0.1, 0.15) is 0 Å². The quantitative estimate of drug-likeness (QED) is 0.587. The molecule has 0 atom stereocenters. The molecule has 0 saturated heterocycles. The number of phenolic OH excluding ortho intramolecular Hbond substituents is 2. The standard InChI is InChI=1S/C15H9Br2NO3/c16-12-9(6-10(19)14(20)13(12)17)15-18-7-11(21-15)8-4-2-1-3-5-8/h1-7,19-20H. The van der Waals surface area contributed by atoms with E-state index in [4.69, 9.17) is 4.42 Å². The zero-order valence-corrected chi connectivity index (χ0v) is 13.7. The van der Waals surface area contributed by atoms with Crippen LogP contribution in [0.2, 0.25) is 0 Å². The van der Waals surface area contributed by atoms with Crippen LogP contribution in [0.25, 0.3) is 22.8 Å². The Morgan fingerprint density at radius 1 is 1.00 bits per heavy atom. The van der Waals surface area contributed by atoms with Gasteiger partial charge in [0.15, 0.2) is 17.3 Å². The van der Waals surface area contributed by atoms with Crippen LogP contribution in [0.1, 0.15) is 0 Å². The predicted octanol–water partition coefficient (Wildman–Crippen LogP) is 4.94. The fraction of sp³-hybridized carbons (Fsp3) is 0. The van der Waals surface area contributed by atoms with Gasteiger partial charge in [0, 0.05) is 10.0 Å². The van der Waals surface area contributed by atoms with Gasteiger partial charge in [0.05, 0.1) is 16.2 Å². The first-order chi connectivity index (χ1) is 10.1. The maximum atomic E-state index is 9.72. The summed E-state index contributed by atoms with van der Waals surface area (Å²) in [5.74, 6) is 0.484. The van der Waals surface area contributed by atoms with E-state index in [1.165, 1.54) is 6.07 Å². The van der Waals surface area contributed by atoms with Crippen molar-refractivity contribution in [3.05, 3.63) is 51.5 Å². The van der Waals surface area contributed by atoms with Crippen LogP contribution in [0.4, 0.5) is 0 Å². The van der Waals surface area contributed by atoms with Crippen molar-refractivity contribution in [1.29, 1.82) is 0 Å². The number of oxazole rings is 1. The smallest absolute Gasteiger partial charge is 0.228 e. The SMILES string of the molecule is Oc1cc(-c2ncc(-c3ccccc3)o2)c(Br)c(Br)c1O. The lowest BCUT2D eigenvalue weighted by Crippen LogP contribution is -1.83. The van der Waals surface area contributed by atoms with E-state index < -0.39 is 0 Å². The van der Waals surface area contributed by atoms with E-state index in [9.17, 15) is 10.2 Å². The highest BCUT2D eigenvalue weighted by atomic mass is 79.9. The van der Waals surface area contributed by atoms with Gasteiger partial charge in [-0.1, -0.05) is 30.3 Å². The number of benzene rings is 2. The zero-order chi connectivity index (χ0) is 15.0. The summed E-state index contributed by atoms with van der Waals surface area (Å²) in [5, 5.41) is 19.4. The maximum absolute atomic E-state index is 9.72. The van der Waals surface area contributed by atoms with Crippen LogP contribution < -0.4 is 0 Å². The largest absolute Gasteiger partial charge is 0.504 e. The van der Waals surface area contributed by atoms with E-state index in [2.05, 4.69) is 36.8 Å². The molecule has 0 spiro atoms. The topological polar surface area (TPSA) is 66.5 Å². The molecule has 0 aliphatic heterocycles. The molecule has 3 aromatic rings. The molecule has 0 aliphatic rings. The van der Waals surface area contributed by atoms with Gasteiger partial charge in [0.2, 0.25) is 5.89 Å². The molecule has 6 heteroatoms. The Balaban J connectivity index is 2.09. The number of rotatable bonds is 2. The van der Waals surface area contributed by atoms with Crippen LogP contribution in [-0.2, 0) is 0 Å². The molecule has 0 fully saturated rings. The lowest BCUT2D eigenvalue weighted by Gasteiger charge is -2.07. The van der Waals surface area contributed by atoms with Gasteiger partial charge in [-0.05, 0) is 37.9 Å². The van der Waals surface area contributed by atoms with Crippen molar-refractivity contribution in [3.63, 3.8) is 0 Å². The summed E-state index contributed by atoms with van der Waals surface area (Å²) >= 11 is 6.55. The molecule has 0 radical (unpaired) electrons. The lowest BCUT2D eigenvalue weighted by atomic mass is 10.2. The number of halogens is 2. The summed E-state index contributed by atoms with van der Waals surface area (Å²) in [6.45, 7) is 0. The fourth-order valence-electron chi connectivity index (χ4n) is 1.89. The fourth-order valence-corrected chi connectivity index (χ4v) is 2.78. The molecule has 1 heterocycles. The third-order valence-electron chi connectivity index (χ3n) is 2.96. The third kappa shape index (κ3) is 2.56. The summed E-state index contributed by atoms with van der Waals surface area (Å²) in [7, 11) is 0. The minimum atomic E-state index is -0.250. The Kier molecular flexibility index (Phi) is 3.73. The Bertz CT molecular complexity index is 800. The minimum Gasteiger partial charge on any atom is -0.504 e. The van der Waals surface area contributed by atoms with Crippen molar-refractivity contribution in [2.75, 3.05) is 0 Å². The average Bonchev–Trinajstić information content (AvgIpc) is 2.99. The second kappa shape index (κ2) is 5.54. The number of aromatic hydroxyl groups is 2. The summed E-state index contributed by atoms with van der Waals surface area (Å²) < 4.78 is 6.63. The van der Waals surface area contributed by atoms with E-state index in [1.807, 2.05) is 30.3 Å². The Labute approximate surface area is 137 Å². The first-order valence-corrected chi connectivity index (χ1v) is 7.58. The predicted molar refractivity (Wildman–Crippen MR) is 86.1 cm³/mol. The van der Waals surface area contributed by atoms with Gasteiger partial charge in [-0.15, -0.1) is 0 Å². The normalized spacial score (nSPS) is 10.8. The molecular weight excluding hydrogens is 402 g/mol. The zero-order valence-electron chi connectivity index (χ0n) is 10.5. The van der Waals surface area contributed by atoms with Gasteiger partial charge in [0.25, 0.3) is 0 Å². The molecule has 106 valence electrons. The van der Waals surface area contributed by atoms with Crippen LogP contribution in [0.5, 0.6) is 11.5 Å². The van der Waals surface area contributed by atoms with Gasteiger partial charge in [-0.2, -0.15) is 0 Å². The van der Waals surface area contributed by atoms with Gasteiger partial charge >= 0.3 is 0 Å². The van der Waals surface area contributed by atoms with E-state index in [1.54, 1.807) is 6.20 Å². The van der Waals surface area contributed by atoms with E-state index >= 15 is 0 Å². The number of phenols is 2. The van der Waals surface area contributed by atoms with Gasteiger partial charge in [-0.3, -0.25) is 0 Å². The highest BCUT2D eigenvalue weighted by molar-refractivity contribution is 9.13. The number of aromatic nitrogens is 1. The highest BCUT2D eigenvalue weighted by Gasteiger charge is 2.18. The number of nitrogens with zero attached hydrogens (tertiary/aromatic N) is 1. The van der Waals surface area contributed by atoms with Crippen molar-refractivity contribution < 1.29 is 14.6 Å². The highest BCUT2D eigenvalue weighted by Crippen LogP contribution is 2.45. The number of hydrogen-bond donors (Lipinski definition) is 2. The van der Waals surface area contributed by atoms with Crippen LogP contribution >= 0.6 is 31.9 Å². The van der Waals surface area contributed by atoms with Crippen molar-refractivity contribution >= 4 is 31.9 Å². The van der Waals surface area contributed by atoms with Crippen molar-refractivity contribution in [2.24, 2.45) is 0 Å². The third-order valence-corrected chi connectivity index (χ3v) is 5.08. The van der Waals surface area contributed by atoms with Gasteiger partial charge < -0.3 is 14.6 Å². The molecule has 2 N–H and O–H groups in total. The van der Waals surface area contributed by atoms with Crippen LogP contribution in [0.3, 0.4) is 0 Å². The second-order valence-electron chi connectivity index (χ2n) is 4.32. The van der Waals surface area contributed by atoms with Crippen molar-refractivity contribution in [2.45, 2.75) is 0 Å². The molecule has 2 aromatic carbocycles. The van der Waals surface area contributed by atoms with E-state index in [-0.39, 0.29) is 11.5 Å². The molecule has 21 heavy (non-hydrogen) atoms. The molecule has 4 nitrogen and oxygen atoms in total. The van der Waals surface area contributed by atoms with E-state index in [0.717, 1.165) is 5.56 Å². The molecule has 0 unspecified atom stereocenters. The Hall–Kier alpha value is -1.79. The summed E-state index contributed by atoms with van der Waals surface area (Å²) in [4.78, 5) is 4.23. The van der Waals surface area contributed by atoms with Crippen molar-refractivity contribution in [1.82, 2.24) is 4.98 Å². The average molecular weight is 411 g/mol. The van der Waals surface area contributed by atoms with Crippen LogP contribution in [-0.4, -0.2) is 15.2 Å². The van der Waals surface area contributed by atoms with Crippen LogP contribution in [0.15, 0.2) is 56.0 Å². The van der Waals surface area contributed by atoms with E-state index in [0.29, 0.717) is 26.2 Å². The molecule has 0 aliphatic carbocycles. The van der Waals surface area contributed by atoms with Gasteiger partial charge in [-0.25, -0.2) is 4.98 Å². The monoisotopic (exact) mass is 409 g/mol. The van der Waals surface area contributed by atoms with Crippen molar-refractivity contribution in [3.8, 4) is 34.3 Å². The molecular formula is C15H9Br2NO3. The Morgan fingerprint density at radius 2 is 1.71 bits per heavy atom. The minimum absolute atomic E-state index is 0.236. The molecule has 0 bridgehead atoms. The maximum Gasteiger partial charge on any atom is 0.228 e.